The predicted octanol–water partition coefficient (Wildman–Crippen LogP) is 2.47. The Hall–Kier alpha value is -2.45. The SMILES string of the molecule is Cn1cc(-c2cc(NC3CCN(S(C)(=O)=O)CC3)c3cnccc3c2)cn1. The maximum atomic E-state index is 11.7. The van der Waals surface area contributed by atoms with Crippen molar-refractivity contribution in [3.63, 3.8) is 0 Å². The molecule has 0 aliphatic carbocycles. The fourth-order valence-corrected chi connectivity index (χ4v) is 4.48. The summed E-state index contributed by atoms with van der Waals surface area (Å²) in [6, 6.07) is 6.51. The highest BCUT2D eigenvalue weighted by atomic mass is 32.2. The maximum Gasteiger partial charge on any atom is 0.211 e. The number of pyridine rings is 1. The Morgan fingerprint density at radius 3 is 2.59 bits per heavy atom. The number of nitrogens with zero attached hydrogens (tertiary/aromatic N) is 4. The number of rotatable bonds is 4. The van der Waals surface area contributed by atoms with Crippen LogP contribution in [0.1, 0.15) is 12.8 Å². The number of fused-ring (bicyclic) bond motifs is 1. The number of anilines is 1. The molecule has 1 aromatic carbocycles. The average Bonchev–Trinajstić information content (AvgIpc) is 3.08. The number of aromatic nitrogens is 3. The first-order valence-electron chi connectivity index (χ1n) is 8.98. The van der Waals surface area contributed by atoms with Gasteiger partial charge in [0.25, 0.3) is 0 Å². The summed E-state index contributed by atoms with van der Waals surface area (Å²) < 4.78 is 26.8. The van der Waals surface area contributed by atoms with Gasteiger partial charge in [-0.3, -0.25) is 9.67 Å². The summed E-state index contributed by atoms with van der Waals surface area (Å²) in [5.74, 6) is 0. The van der Waals surface area contributed by atoms with Gasteiger partial charge in [0.1, 0.15) is 0 Å². The molecule has 0 unspecified atom stereocenters. The van der Waals surface area contributed by atoms with Crippen LogP contribution in [0, 0.1) is 0 Å². The van der Waals surface area contributed by atoms with Crippen LogP contribution < -0.4 is 5.32 Å². The van der Waals surface area contributed by atoms with E-state index in [4.69, 9.17) is 0 Å². The van der Waals surface area contributed by atoms with Crippen LogP contribution in [0.4, 0.5) is 5.69 Å². The van der Waals surface area contributed by atoms with Gasteiger partial charge >= 0.3 is 0 Å². The number of sulfonamides is 1. The molecule has 0 bridgehead atoms. The van der Waals surface area contributed by atoms with Crippen LogP contribution in [0.3, 0.4) is 0 Å². The summed E-state index contributed by atoms with van der Waals surface area (Å²) in [4.78, 5) is 4.27. The number of hydrogen-bond acceptors (Lipinski definition) is 5. The van der Waals surface area contributed by atoms with E-state index < -0.39 is 10.0 Å². The molecule has 1 saturated heterocycles. The number of benzene rings is 1. The summed E-state index contributed by atoms with van der Waals surface area (Å²) in [6.07, 6.45) is 10.4. The molecule has 3 aromatic rings. The summed E-state index contributed by atoms with van der Waals surface area (Å²) in [6.45, 7) is 1.10. The van der Waals surface area contributed by atoms with Gasteiger partial charge in [-0.1, -0.05) is 0 Å². The van der Waals surface area contributed by atoms with Gasteiger partial charge in [0.15, 0.2) is 0 Å². The van der Waals surface area contributed by atoms with Gasteiger partial charge in [0.05, 0.1) is 12.5 Å². The van der Waals surface area contributed by atoms with Crippen LogP contribution in [-0.4, -0.2) is 52.9 Å². The lowest BCUT2D eigenvalue weighted by Gasteiger charge is -2.31. The van der Waals surface area contributed by atoms with E-state index in [0.29, 0.717) is 13.1 Å². The fourth-order valence-electron chi connectivity index (χ4n) is 3.61. The van der Waals surface area contributed by atoms with Crippen LogP contribution >= 0.6 is 0 Å². The van der Waals surface area contributed by atoms with Gasteiger partial charge in [-0.15, -0.1) is 0 Å². The van der Waals surface area contributed by atoms with Gasteiger partial charge in [0, 0.05) is 61.4 Å². The lowest BCUT2D eigenvalue weighted by atomic mass is 10.0. The molecule has 27 heavy (non-hydrogen) atoms. The molecule has 1 fully saturated rings. The van der Waals surface area contributed by atoms with Crippen LogP contribution in [0.5, 0.6) is 0 Å². The molecule has 7 nitrogen and oxygen atoms in total. The largest absolute Gasteiger partial charge is 0.382 e. The van der Waals surface area contributed by atoms with Crippen LogP contribution in [0.15, 0.2) is 43.0 Å². The molecule has 4 rings (SSSR count). The van der Waals surface area contributed by atoms with E-state index in [2.05, 4.69) is 27.5 Å². The first-order chi connectivity index (χ1) is 12.9. The van der Waals surface area contributed by atoms with Gasteiger partial charge in [-0.05, 0) is 42.0 Å². The molecule has 1 N–H and O–H groups in total. The second-order valence-electron chi connectivity index (χ2n) is 7.10. The molecule has 3 heterocycles. The first-order valence-corrected chi connectivity index (χ1v) is 10.8. The monoisotopic (exact) mass is 385 g/mol. The molecule has 8 heteroatoms. The molecule has 1 aliphatic heterocycles. The molecule has 2 aromatic heterocycles. The Morgan fingerprint density at radius 2 is 1.93 bits per heavy atom. The number of piperidine rings is 1. The molecule has 0 saturated carbocycles. The average molecular weight is 385 g/mol. The highest BCUT2D eigenvalue weighted by Crippen LogP contribution is 2.31. The quantitative estimate of drug-likeness (QED) is 0.746. The number of aryl methyl sites for hydroxylation is 1. The van der Waals surface area contributed by atoms with E-state index in [9.17, 15) is 8.42 Å². The predicted molar refractivity (Wildman–Crippen MR) is 107 cm³/mol. The first kappa shape index (κ1) is 17.9. The second-order valence-corrected chi connectivity index (χ2v) is 9.09. The topological polar surface area (TPSA) is 80.1 Å². The highest BCUT2D eigenvalue weighted by molar-refractivity contribution is 7.88. The van der Waals surface area contributed by atoms with Crippen LogP contribution in [0.2, 0.25) is 0 Å². The Morgan fingerprint density at radius 1 is 1.15 bits per heavy atom. The van der Waals surface area contributed by atoms with Gasteiger partial charge in [0.2, 0.25) is 10.0 Å². The van der Waals surface area contributed by atoms with E-state index in [0.717, 1.165) is 40.4 Å². The van der Waals surface area contributed by atoms with E-state index >= 15 is 0 Å². The minimum atomic E-state index is -3.11. The molecule has 0 atom stereocenters. The third-order valence-corrected chi connectivity index (χ3v) is 6.38. The standard InChI is InChI=1S/C19H23N5O2S/c1-23-13-16(11-21-23)15-9-14-3-6-20-12-18(14)19(10-15)22-17-4-7-24(8-5-17)27(2,25)26/h3,6,9-13,17,22H,4-5,7-8H2,1-2H3. The van der Waals surface area contributed by atoms with Gasteiger partial charge in [-0.2, -0.15) is 5.10 Å². The molecule has 0 spiro atoms. The zero-order valence-electron chi connectivity index (χ0n) is 15.5. The Balaban J connectivity index is 1.63. The van der Waals surface area contributed by atoms with Crippen molar-refractivity contribution in [1.82, 2.24) is 19.1 Å². The third kappa shape index (κ3) is 3.81. The smallest absolute Gasteiger partial charge is 0.211 e. The molecule has 142 valence electrons. The minimum absolute atomic E-state index is 0.232. The zero-order valence-corrected chi connectivity index (χ0v) is 16.3. The summed E-state index contributed by atoms with van der Waals surface area (Å²) in [7, 11) is -1.21. The lowest BCUT2D eigenvalue weighted by molar-refractivity contribution is 0.332. The van der Waals surface area contributed by atoms with Crippen molar-refractivity contribution >= 4 is 26.5 Å². The second kappa shape index (κ2) is 6.94. The van der Waals surface area contributed by atoms with Crippen molar-refractivity contribution in [2.75, 3.05) is 24.7 Å². The van der Waals surface area contributed by atoms with Crippen LogP contribution in [0.25, 0.3) is 21.9 Å². The molecular formula is C19H23N5O2S. The van der Waals surface area contributed by atoms with E-state index in [1.807, 2.05) is 31.7 Å². The zero-order chi connectivity index (χ0) is 19.0. The fraction of sp³-hybridized carbons (Fsp3) is 0.368. The highest BCUT2D eigenvalue weighted by Gasteiger charge is 2.25. The van der Waals surface area contributed by atoms with E-state index in [1.54, 1.807) is 15.2 Å². The Bertz CT molecular complexity index is 1070. The van der Waals surface area contributed by atoms with Crippen molar-refractivity contribution in [2.45, 2.75) is 18.9 Å². The maximum absolute atomic E-state index is 11.7. The third-order valence-electron chi connectivity index (χ3n) is 5.08. The lowest BCUT2D eigenvalue weighted by Crippen LogP contribution is -2.41. The van der Waals surface area contributed by atoms with Gasteiger partial charge in [-0.25, -0.2) is 12.7 Å². The van der Waals surface area contributed by atoms with Crippen LogP contribution in [-0.2, 0) is 17.1 Å². The summed E-state index contributed by atoms with van der Waals surface area (Å²) in [5, 5.41) is 10.1. The summed E-state index contributed by atoms with van der Waals surface area (Å²) in [5.41, 5.74) is 3.18. The Kier molecular flexibility index (Phi) is 4.61. The van der Waals surface area contributed by atoms with E-state index in [-0.39, 0.29) is 6.04 Å². The molecule has 1 aliphatic rings. The number of nitrogens with one attached hydrogen (secondary N) is 1. The van der Waals surface area contributed by atoms with Crippen molar-refractivity contribution in [3.05, 3.63) is 43.0 Å². The summed E-state index contributed by atoms with van der Waals surface area (Å²) >= 11 is 0. The molecule has 0 radical (unpaired) electrons. The van der Waals surface area contributed by atoms with Crippen molar-refractivity contribution < 1.29 is 8.42 Å². The minimum Gasteiger partial charge on any atom is -0.382 e. The molecular weight excluding hydrogens is 362 g/mol. The van der Waals surface area contributed by atoms with Gasteiger partial charge < -0.3 is 5.32 Å². The van der Waals surface area contributed by atoms with Crippen molar-refractivity contribution in [2.24, 2.45) is 7.05 Å². The molecule has 0 amide bonds. The van der Waals surface area contributed by atoms with Crippen molar-refractivity contribution in [3.8, 4) is 11.1 Å². The normalized spacial score (nSPS) is 16.7. The van der Waals surface area contributed by atoms with E-state index in [1.165, 1.54) is 6.26 Å². The van der Waals surface area contributed by atoms with Crippen molar-refractivity contribution in [1.29, 1.82) is 0 Å². The number of hydrogen-bond donors (Lipinski definition) is 1. The Labute approximate surface area is 159 Å².